The van der Waals surface area contributed by atoms with E-state index in [1.807, 2.05) is 0 Å². The van der Waals surface area contributed by atoms with E-state index in [2.05, 4.69) is 5.10 Å². The van der Waals surface area contributed by atoms with Gasteiger partial charge in [0.2, 0.25) is 0 Å². The number of para-hydroxylation sites is 1. The van der Waals surface area contributed by atoms with Crippen LogP contribution in [0.5, 0.6) is 0 Å². The number of nitrogen functional groups attached to an aromatic ring is 1. The molecule has 3 rings (SSSR count). The first-order valence-corrected chi connectivity index (χ1v) is 5.38. The van der Waals surface area contributed by atoms with E-state index in [0.29, 0.717) is 11.5 Å². The van der Waals surface area contributed by atoms with Crippen LogP contribution in [0.2, 0.25) is 0 Å². The summed E-state index contributed by atoms with van der Waals surface area (Å²) in [6.45, 7) is 0. The Bertz CT molecular complexity index is 545. The van der Waals surface area contributed by atoms with E-state index >= 15 is 0 Å². The van der Waals surface area contributed by atoms with Crippen molar-refractivity contribution < 1.29 is 4.39 Å². The van der Waals surface area contributed by atoms with Crippen LogP contribution >= 0.6 is 0 Å². The molecule has 16 heavy (non-hydrogen) atoms. The van der Waals surface area contributed by atoms with Gasteiger partial charge in [-0.3, -0.25) is 0 Å². The lowest BCUT2D eigenvalue weighted by molar-refractivity contribution is 0.610. The lowest BCUT2D eigenvalue weighted by Gasteiger charge is -2.05. The average Bonchev–Trinajstić information content (AvgIpc) is 2.83. The maximum absolute atomic E-state index is 13.6. The van der Waals surface area contributed by atoms with Gasteiger partial charge in [0.15, 0.2) is 0 Å². The number of aromatic nitrogens is 2. The number of aryl methyl sites for hydroxylation is 1. The Labute approximate surface area is 92.7 Å². The summed E-state index contributed by atoms with van der Waals surface area (Å²) in [6.07, 6.45) is 3.00. The molecule has 3 nitrogen and oxygen atoms in total. The highest BCUT2D eigenvalue weighted by Gasteiger charge is 2.21. The molecule has 0 amide bonds. The van der Waals surface area contributed by atoms with Crippen LogP contribution < -0.4 is 5.73 Å². The van der Waals surface area contributed by atoms with E-state index in [4.69, 9.17) is 5.73 Å². The highest BCUT2D eigenvalue weighted by atomic mass is 19.1. The third-order valence-corrected chi connectivity index (χ3v) is 3.03. The first kappa shape index (κ1) is 9.39. The van der Waals surface area contributed by atoms with Crippen molar-refractivity contribution in [1.29, 1.82) is 0 Å². The highest BCUT2D eigenvalue weighted by molar-refractivity contribution is 5.51. The maximum Gasteiger partial charge on any atom is 0.148 e. The van der Waals surface area contributed by atoms with E-state index in [-0.39, 0.29) is 5.82 Å². The predicted octanol–water partition coefficient (Wildman–Crippen LogP) is 2.08. The minimum absolute atomic E-state index is 0.296. The molecule has 0 bridgehead atoms. The van der Waals surface area contributed by atoms with Crippen LogP contribution in [-0.4, -0.2) is 9.78 Å². The molecule has 2 N–H and O–H groups in total. The fourth-order valence-electron chi connectivity index (χ4n) is 2.22. The highest BCUT2D eigenvalue weighted by Crippen LogP contribution is 2.29. The summed E-state index contributed by atoms with van der Waals surface area (Å²) in [4.78, 5) is 0. The molecular weight excluding hydrogens is 205 g/mol. The zero-order valence-corrected chi connectivity index (χ0v) is 8.78. The number of benzene rings is 1. The van der Waals surface area contributed by atoms with Gasteiger partial charge in [0, 0.05) is 5.56 Å². The Kier molecular flexibility index (Phi) is 1.96. The Morgan fingerprint density at radius 1 is 1.25 bits per heavy atom. The Morgan fingerprint density at radius 3 is 2.81 bits per heavy atom. The van der Waals surface area contributed by atoms with Gasteiger partial charge in [-0.2, -0.15) is 5.10 Å². The molecule has 82 valence electrons. The van der Waals surface area contributed by atoms with E-state index in [1.165, 1.54) is 10.7 Å². The molecular formula is C12H12FN3. The van der Waals surface area contributed by atoms with E-state index < -0.39 is 0 Å². The van der Waals surface area contributed by atoms with Crippen molar-refractivity contribution in [2.75, 3.05) is 5.73 Å². The monoisotopic (exact) mass is 217 g/mol. The number of rotatable bonds is 1. The van der Waals surface area contributed by atoms with Crippen LogP contribution in [0.25, 0.3) is 5.69 Å². The summed E-state index contributed by atoms with van der Waals surface area (Å²) in [5.41, 5.74) is 8.52. The summed E-state index contributed by atoms with van der Waals surface area (Å²) >= 11 is 0. The van der Waals surface area contributed by atoms with Gasteiger partial charge in [-0.1, -0.05) is 12.1 Å². The van der Waals surface area contributed by atoms with Gasteiger partial charge in [0.25, 0.3) is 0 Å². The van der Waals surface area contributed by atoms with Gasteiger partial charge in [-0.15, -0.1) is 0 Å². The average molecular weight is 217 g/mol. The number of nitrogens with two attached hydrogens (primary N) is 1. The second-order valence-electron chi connectivity index (χ2n) is 4.03. The second-order valence-corrected chi connectivity index (χ2v) is 4.03. The molecule has 0 fully saturated rings. The molecule has 1 heterocycles. The second kappa shape index (κ2) is 3.33. The van der Waals surface area contributed by atoms with E-state index in [1.54, 1.807) is 18.2 Å². The lowest BCUT2D eigenvalue weighted by atomic mass is 10.2. The number of hydrogen-bond donors (Lipinski definition) is 1. The van der Waals surface area contributed by atoms with E-state index in [9.17, 15) is 4.39 Å². The normalized spacial score (nSPS) is 14.1. The summed E-state index contributed by atoms with van der Waals surface area (Å²) in [5, 5.41) is 4.37. The number of nitrogens with zero attached hydrogens (tertiary/aromatic N) is 2. The van der Waals surface area contributed by atoms with Crippen LogP contribution in [0.1, 0.15) is 17.7 Å². The van der Waals surface area contributed by atoms with Crippen LogP contribution in [0.4, 0.5) is 10.2 Å². The molecule has 2 aromatic rings. The summed E-state index contributed by atoms with van der Waals surface area (Å²) in [5.74, 6) is 0.285. The van der Waals surface area contributed by atoms with Gasteiger partial charge in [-0.05, 0) is 31.4 Å². The predicted molar refractivity (Wildman–Crippen MR) is 60.0 cm³/mol. The Morgan fingerprint density at radius 2 is 2.06 bits per heavy atom. The van der Waals surface area contributed by atoms with Gasteiger partial charge < -0.3 is 5.73 Å². The molecule has 1 aromatic carbocycles. The summed E-state index contributed by atoms with van der Waals surface area (Å²) in [6, 6.07) is 6.55. The van der Waals surface area contributed by atoms with Crippen LogP contribution in [0.15, 0.2) is 24.3 Å². The third kappa shape index (κ3) is 1.23. The topological polar surface area (TPSA) is 43.8 Å². The summed E-state index contributed by atoms with van der Waals surface area (Å²) < 4.78 is 15.1. The zero-order chi connectivity index (χ0) is 11.1. The summed E-state index contributed by atoms with van der Waals surface area (Å²) in [7, 11) is 0. The molecule has 1 aromatic heterocycles. The van der Waals surface area contributed by atoms with Crippen molar-refractivity contribution >= 4 is 5.82 Å². The van der Waals surface area contributed by atoms with Crippen molar-refractivity contribution in [3.05, 3.63) is 41.3 Å². The SMILES string of the molecule is Nc1c2c(nn1-c1ccccc1F)CCC2. The maximum atomic E-state index is 13.6. The largest absolute Gasteiger partial charge is 0.383 e. The number of hydrogen-bond acceptors (Lipinski definition) is 2. The van der Waals surface area contributed by atoms with Crippen LogP contribution in [0.3, 0.4) is 0 Å². The molecule has 4 heteroatoms. The first-order valence-electron chi connectivity index (χ1n) is 5.38. The van der Waals surface area contributed by atoms with Crippen molar-refractivity contribution in [2.45, 2.75) is 19.3 Å². The number of halogens is 1. The van der Waals surface area contributed by atoms with Crippen molar-refractivity contribution in [3.63, 3.8) is 0 Å². The first-order chi connectivity index (χ1) is 7.77. The standard InChI is InChI=1S/C12H12FN3/c13-9-5-1-2-7-11(9)16-12(14)8-4-3-6-10(8)15-16/h1-2,5,7H,3-4,6,14H2. The third-order valence-electron chi connectivity index (χ3n) is 3.03. The molecule has 0 spiro atoms. The molecule has 1 aliphatic rings. The van der Waals surface area contributed by atoms with Crippen molar-refractivity contribution in [1.82, 2.24) is 9.78 Å². The van der Waals surface area contributed by atoms with Crippen LogP contribution in [0, 0.1) is 5.82 Å². The molecule has 0 atom stereocenters. The van der Waals surface area contributed by atoms with Gasteiger partial charge in [-0.25, -0.2) is 9.07 Å². The molecule has 0 unspecified atom stereocenters. The molecule has 0 saturated heterocycles. The molecule has 0 saturated carbocycles. The Balaban J connectivity index is 2.18. The fraction of sp³-hybridized carbons (Fsp3) is 0.250. The molecule has 0 radical (unpaired) electrons. The van der Waals surface area contributed by atoms with Crippen molar-refractivity contribution in [3.8, 4) is 5.69 Å². The minimum atomic E-state index is -0.296. The number of fused-ring (bicyclic) bond motifs is 1. The lowest BCUT2D eigenvalue weighted by Crippen LogP contribution is -2.05. The zero-order valence-electron chi connectivity index (χ0n) is 8.78. The van der Waals surface area contributed by atoms with Gasteiger partial charge >= 0.3 is 0 Å². The van der Waals surface area contributed by atoms with Gasteiger partial charge in [0.1, 0.15) is 17.3 Å². The quantitative estimate of drug-likeness (QED) is 0.794. The van der Waals surface area contributed by atoms with Gasteiger partial charge in [0.05, 0.1) is 5.69 Å². The molecule has 1 aliphatic carbocycles. The fourth-order valence-corrected chi connectivity index (χ4v) is 2.22. The Hall–Kier alpha value is -1.84. The minimum Gasteiger partial charge on any atom is -0.383 e. The smallest absolute Gasteiger partial charge is 0.148 e. The van der Waals surface area contributed by atoms with E-state index in [0.717, 1.165) is 30.5 Å². The number of anilines is 1. The van der Waals surface area contributed by atoms with Crippen molar-refractivity contribution in [2.24, 2.45) is 0 Å². The molecule has 0 aliphatic heterocycles. The van der Waals surface area contributed by atoms with Crippen LogP contribution in [-0.2, 0) is 12.8 Å².